The van der Waals surface area contributed by atoms with E-state index in [1.54, 1.807) is 35.0 Å². The van der Waals surface area contributed by atoms with Gasteiger partial charge in [-0.25, -0.2) is 9.48 Å². The molecule has 0 bridgehead atoms. The molecule has 0 spiro atoms. The lowest BCUT2D eigenvalue weighted by Gasteiger charge is -2.34. The number of carboxylic acid groups (broad SMARTS) is 1. The van der Waals surface area contributed by atoms with Gasteiger partial charge in [-0.1, -0.05) is 18.2 Å². The number of hydrogen-bond donors (Lipinski definition) is 4. The zero-order valence-electron chi connectivity index (χ0n) is 13.6. The van der Waals surface area contributed by atoms with Crippen LogP contribution in [0.3, 0.4) is 0 Å². The van der Waals surface area contributed by atoms with Gasteiger partial charge in [-0.2, -0.15) is 10.5 Å². The van der Waals surface area contributed by atoms with Gasteiger partial charge in [-0.15, -0.1) is 0 Å². The molecule has 1 aromatic carbocycles. The van der Waals surface area contributed by atoms with Crippen LogP contribution in [-0.2, 0) is 4.79 Å². The number of hydrogen-bond acceptors (Lipinski definition) is 6. The van der Waals surface area contributed by atoms with Crippen LogP contribution in [0.2, 0.25) is 0 Å². The van der Waals surface area contributed by atoms with Gasteiger partial charge in [0.2, 0.25) is 0 Å². The number of para-hydroxylation sites is 1. The van der Waals surface area contributed by atoms with Crippen molar-refractivity contribution >= 4 is 22.8 Å². The zero-order chi connectivity index (χ0) is 17.6. The van der Waals surface area contributed by atoms with Crippen molar-refractivity contribution in [1.29, 1.82) is 0 Å². The molecule has 130 valence electrons. The van der Waals surface area contributed by atoms with E-state index in [1.165, 1.54) is 0 Å². The van der Waals surface area contributed by atoms with Gasteiger partial charge in [0, 0.05) is 24.7 Å². The van der Waals surface area contributed by atoms with Crippen molar-refractivity contribution in [1.82, 2.24) is 30.8 Å². The first-order valence-corrected chi connectivity index (χ1v) is 8.01. The first kappa shape index (κ1) is 15.5. The molecule has 25 heavy (non-hydrogen) atoms. The molecule has 1 amide bonds. The lowest BCUT2D eigenvalue weighted by Crippen LogP contribution is -2.52. The third-order valence-corrected chi connectivity index (χ3v) is 4.26. The summed E-state index contributed by atoms with van der Waals surface area (Å²) in [5.74, 6) is -1.25. The van der Waals surface area contributed by atoms with Crippen LogP contribution in [-0.4, -0.2) is 44.8 Å². The van der Waals surface area contributed by atoms with Crippen molar-refractivity contribution in [3.8, 4) is 0 Å². The average molecular weight is 342 g/mol. The molecule has 9 nitrogen and oxygen atoms in total. The minimum absolute atomic E-state index is 0.00736. The molecule has 1 unspecified atom stereocenters. The fourth-order valence-corrected chi connectivity index (χ4v) is 2.82. The summed E-state index contributed by atoms with van der Waals surface area (Å²) in [5.41, 5.74) is 6.97. The van der Waals surface area contributed by atoms with Crippen molar-refractivity contribution in [2.75, 3.05) is 7.05 Å². The van der Waals surface area contributed by atoms with Gasteiger partial charge in [0.15, 0.2) is 12.0 Å². The number of rotatable bonds is 4. The van der Waals surface area contributed by atoms with Crippen LogP contribution in [0.5, 0.6) is 0 Å². The molecule has 9 heteroatoms. The van der Waals surface area contributed by atoms with Gasteiger partial charge in [-0.3, -0.25) is 4.79 Å². The van der Waals surface area contributed by atoms with Gasteiger partial charge in [0.25, 0.3) is 5.91 Å². The highest BCUT2D eigenvalue weighted by Crippen LogP contribution is 2.24. The zero-order valence-corrected chi connectivity index (χ0v) is 13.6. The molecule has 1 aliphatic carbocycles. The Morgan fingerprint density at radius 1 is 1.32 bits per heavy atom. The van der Waals surface area contributed by atoms with E-state index >= 15 is 0 Å². The van der Waals surface area contributed by atoms with Crippen molar-refractivity contribution < 1.29 is 14.7 Å². The maximum atomic E-state index is 12.1. The Balaban J connectivity index is 1.65. The van der Waals surface area contributed by atoms with E-state index in [9.17, 15) is 14.7 Å². The number of carbonyl (C=O) groups excluding carboxylic acids is 1. The molecule has 0 radical (unpaired) electrons. The van der Waals surface area contributed by atoms with Crippen LogP contribution in [0.25, 0.3) is 10.9 Å². The number of aromatic nitrogens is 2. The van der Waals surface area contributed by atoms with Gasteiger partial charge in [0.05, 0.1) is 5.52 Å². The molecule has 1 aliphatic heterocycles. The van der Waals surface area contributed by atoms with E-state index in [2.05, 4.69) is 21.3 Å². The summed E-state index contributed by atoms with van der Waals surface area (Å²) in [4.78, 5) is 25.4. The number of carboxylic acids is 1. The Morgan fingerprint density at radius 2 is 2.08 bits per heavy atom. The van der Waals surface area contributed by atoms with Crippen molar-refractivity contribution in [2.45, 2.75) is 25.2 Å². The fraction of sp³-hybridized carbons (Fsp3) is 0.312. The number of carbonyl (C=O) groups is 2. The monoisotopic (exact) mass is 342 g/mol. The van der Waals surface area contributed by atoms with Crippen LogP contribution in [0, 0.1) is 0 Å². The molecular weight excluding hydrogens is 324 g/mol. The summed E-state index contributed by atoms with van der Waals surface area (Å²) in [7, 11) is 1.79. The highest BCUT2D eigenvalue weighted by molar-refractivity contribution is 6.01. The summed E-state index contributed by atoms with van der Waals surface area (Å²) in [6.45, 7) is 0. The minimum atomic E-state index is -1.08. The van der Waals surface area contributed by atoms with E-state index in [1.807, 2.05) is 12.1 Å². The standard InChI is InChI=1S/C16H18N6O3/c1-21-8-11(14(23)17-9-6-7-9)18-19-16(21)22-12-5-3-2-4-10(12)13(20-22)15(24)25/h2-5,8-9,16,18-19H,6-7H2,1H3,(H,17,23)(H,24,25). The van der Waals surface area contributed by atoms with E-state index < -0.39 is 12.3 Å². The second-order valence-electron chi connectivity index (χ2n) is 6.21. The van der Waals surface area contributed by atoms with Gasteiger partial charge in [-0.05, 0) is 18.9 Å². The van der Waals surface area contributed by atoms with E-state index in [0.717, 1.165) is 12.8 Å². The Hall–Kier alpha value is -3.07. The highest BCUT2D eigenvalue weighted by Gasteiger charge is 2.29. The number of nitrogens with zero attached hydrogens (tertiary/aromatic N) is 3. The molecule has 2 heterocycles. The van der Waals surface area contributed by atoms with Gasteiger partial charge >= 0.3 is 5.97 Å². The molecule has 2 aromatic rings. The summed E-state index contributed by atoms with van der Waals surface area (Å²) in [6, 6.07) is 7.40. The smallest absolute Gasteiger partial charge is 0.357 e. The Kier molecular flexibility index (Phi) is 3.57. The quantitative estimate of drug-likeness (QED) is 0.634. The Morgan fingerprint density at radius 3 is 2.76 bits per heavy atom. The molecular formula is C16H18N6O3. The summed E-state index contributed by atoms with van der Waals surface area (Å²) >= 11 is 0. The molecule has 4 N–H and O–H groups in total. The van der Waals surface area contributed by atoms with Crippen LogP contribution in [0.4, 0.5) is 0 Å². The number of benzene rings is 1. The van der Waals surface area contributed by atoms with Crippen LogP contribution < -0.4 is 16.2 Å². The molecule has 1 saturated carbocycles. The Labute approximate surface area is 143 Å². The van der Waals surface area contributed by atoms with E-state index in [-0.39, 0.29) is 17.6 Å². The summed E-state index contributed by atoms with van der Waals surface area (Å²) in [6.07, 6.45) is 3.23. The van der Waals surface area contributed by atoms with Crippen molar-refractivity contribution in [3.63, 3.8) is 0 Å². The normalized spacial score (nSPS) is 20.1. The van der Waals surface area contributed by atoms with Gasteiger partial charge in [0.1, 0.15) is 5.70 Å². The molecule has 0 saturated heterocycles. The average Bonchev–Trinajstić information content (AvgIpc) is 3.32. The molecule has 1 atom stereocenters. The maximum Gasteiger partial charge on any atom is 0.357 e. The van der Waals surface area contributed by atoms with E-state index in [0.29, 0.717) is 16.6 Å². The highest BCUT2D eigenvalue weighted by atomic mass is 16.4. The fourth-order valence-electron chi connectivity index (χ4n) is 2.82. The number of aromatic carboxylic acids is 1. The second-order valence-corrected chi connectivity index (χ2v) is 6.21. The third kappa shape index (κ3) is 2.78. The molecule has 2 aliphatic rings. The topological polar surface area (TPSA) is 112 Å². The number of nitrogens with one attached hydrogen (secondary N) is 3. The largest absolute Gasteiger partial charge is 0.476 e. The van der Waals surface area contributed by atoms with E-state index in [4.69, 9.17) is 0 Å². The lowest BCUT2D eigenvalue weighted by molar-refractivity contribution is -0.118. The van der Waals surface area contributed by atoms with Crippen molar-refractivity contribution in [2.24, 2.45) is 0 Å². The minimum Gasteiger partial charge on any atom is -0.476 e. The van der Waals surface area contributed by atoms with Crippen LogP contribution in [0.15, 0.2) is 36.2 Å². The summed E-state index contributed by atoms with van der Waals surface area (Å²) in [5, 5.41) is 17.1. The predicted octanol–water partition coefficient (Wildman–Crippen LogP) is 0.350. The van der Waals surface area contributed by atoms with Gasteiger partial charge < -0.3 is 20.7 Å². The predicted molar refractivity (Wildman–Crippen MR) is 89.0 cm³/mol. The molecule has 1 aromatic heterocycles. The SMILES string of the molecule is CN1C=C(C(=O)NC2CC2)NNC1n1nc(C(=O)O)c2ccccc21. The lowest BCUT2D eigenvalue weighted by atomic mass is 10.2. The van der Waals surface area contributed by atoms with Crippen molar-refractivity contribution in [3.05, 3.63) is 41.9 Å². The number of amides is 1. The molecule has 4 rings (SSSR count). The molecule has 1 fully saturated rings. The third-order valence-electron chi connectivity index (χ3n) is 4.26. The Bertz CT molecular complexity index is 885. The maximum absolute atomic E-state index is 12.1. The van der Waals surface area contributed by atoms with Crippen LogP contribution >= 0.6 is 0 Å². The first-order chi connectivity index (χ1) is 12.0. The number of hydrazine groups is 1. The second kappa shape index (κ2) is 5.78. The summed E-state index contributed by atoms with van der Waals surface area (Å²) < 4.78 is 1.58. The first-order valence-electron chi connectivity index (χ1n) is 8.01. The van der Waals surface area contributed by atoms with Crippen LogP contribution in [0.1, 0.15) is 29.6 Å². The number of fused-ring (bicyclic) bond motifs is 1.